The molecule has 2 aromatic carbocycles. The SMILES string of the molecule is OC(CN1CCN(Cc2ccc(C(F)(F)F)cc2)CC1)Cn1cnc2ccccc21. The summed E-state index contributed by atoms with van der Waals surface area (Å²) in [6.07, 6.45) is -3.03. The van der Waals surface area contributed by atoms with Gasteiger partial charge in [0, 0.05) is 39.3 Å². The molecule has 0 bridgehead atoms. The number of aliphatic hydroxyl groups is 1. The zero-order valence-corrected chi connectivity index (χ0v) is 16.6. The summed E-state index contributed by atoms with van der Waals surface area (Å²) in [7, 11) is 0. The zero-order chi connectivity index (χ0) is 21.1. The summed E-state index contributed by atoms with van der Waals surface area (Å²) in [5.74, 6) is 0. The molecular weight excluding hydrogens is 393 g/mol. The molecule has 1 fully saturated rings. The maximum absolute atomic E-state index is 12.7. The molecule has 1 aliphatic rings. The van der Waals surface area contributed by atoms with Gasteiger partial charge < -0.3 is 9.67 Å². The highest BCUT2D eigenvalue weighted by Gasteiger charge is 2.30. The Bertz CT molecular complexity index is 962. The minimum atomic E-state index is -4.30. The lowest BCUT2D eigenvalue weighted by Crippen LogP contribution is -2.48. The van der Waals surface area contributed by atoms with Gasteiger partial charge in [-0.15, -0.1) is 0 Å². The fraction of sp³-hybridized carbons (Fsp3) is 0.409. The Balaban J connectivity index is 1.24. The Labute approximate surface area is 173 Å². The molecule has 0 radical (unpaired) electrons. The molecule has 8 heteroatoms. The number of para-hydroxylation sites is 2. The van der Waals surface area contributed by atoms with Gasteiger partial charge in [0.1, 0.15) is 0 Å². The van der Waals surface area contributed by atoms with Gasteiger partial charge in [-0.25, -0.2) is 4.98 Å². The summed E-state index contributed by atoms with van der Waals surface area (Å²) in [6, 6.07) is 13.2. The topological polar surface area (TPSA) is 44.5 Å². The molecule has 5 nitrogen and oxygen atoms in total. The van der Waals surface area contributed by atoms with Gasteiger partial charge in [-0.3, -0.25) is 9.80 Å². The molecule has 0 saturated carbocycles. The van der Waals surface area contributed by atoms with Gasteiger partial charge in [0.25, 0.3) is 0 Å². The average Bonchev–Trinajstić information content (AvgIpc) is 3.12. The van der Waals surface area contributed by atoms with Gasteiger partial charge in [0.05, 0.1) is 35.6 Å². The molecule has 3 aromatic rings. The van der Waals surface area contributed by atoms with E-state index in [1.807, 2.05) is 28.8 Å². The molecule has 0 aliphatic carbocycles. The number of aromatic nitrogens is 2. The van der Waals surface area contributed by atoms with Gasteiger partial charge in [-0.2, -0.15) is 13.2 Å². The minimum Gasteiger partial charge on any atom is -0.390 e. The number of nitrogens with zero attached hydrogens (tertiary/aromatic N) is 4. The number of hydrogen-bond acceptors (Lipinski definition) is 4. The van der Waals surface area contributed by atoms with Gasteiger partial charge in [-0.1, -0.05) is 24.3 Å². The van der Waals surface area contributed by atoms with Crippen LogP contribution in [0.25, 0.3) is 11.0 Å². The van der Waals surface area contributed by atoms with Crippen LogP contribution >= 0.6 is 0 Å². The van der Waals surface area contributed by atoms with Crippen molar-refractivity contribution in [2.75, 3.05) is 32.7 Å². The van der Waals surface area contributed by atoms with Gasteiger partial charge in [-0.05, 0) is 29.8 Å². The molecule has 1 atom stereocenters. The second kappa shape index (κ2) is 8.75. The summed E-state index contributed by atoms with van der Waals surface area (Å²) in [5, 5.41) is 10.5. The van der Waals surface area contributed by atoms with Crippen molar-refractivity contribution in [3.63, 3.8) is 0 Å². The fourth-order valence-electron chi connectivity index (χ4n) is 3.93. The molecule has 1 N–H and O–H groups in total. The molecule has 0 spiro atoms. The van der Waals surface area contributed by atoms with Crippen LogP contribution in [0.4, 0.5) is 13.2 Å². The highest BCUT2D eigenvalue weighted by atomic mass is 19.4. The highest BCUT2D eigenvalue weighted by molar-refractivity contribution is 5.74. The first-order valence-electron chi connectivity index (χ1n) is 10.1. The number of β-amino-alcohol motifs (C(OH)–C–C–N with tert-alkyl or cyclic N) is 1. The van der Waals surface area contributed by atoms with Crippen LogP contribution in [0.3, 0.4) is 0 Å². The molecule has 0 amide bonds. The number of alkyl halides is 3. The van der Waals surface area contributed by atoms with Crippen LogP contribution in [0.2, 0.25) is 0 Å². The summed E-state index contributed by atoms with van der Waals surface area (Å²) >= 11 is 0. The molecule has 2 heterocycles. The third-order valence-electron chi connectivity index (χ3n) is 5.56. The Morgan fingerprint density at radius 1 is 0.900 bits per heavy atom. The number of aliphatic hydroxyl groups excluding tert-OH is 1. The first-order valence-corrected chi connectivity index (χ1v) is 10.1. The van der Waals surface area contributed by atoms with E-state index in [1.54, 1.807) is 18.5 Å². The van der Waals surface area contributed by atoms with Crippen molar-refractivity contribution in [3.05, 3.63) is 66.0 Å². The Hall–Kier alpha value is -2.42. The Morgan fingerprint density at radius 3 is 2.27 bits per heavy atom. The summed E-state index contributed by atoms with van der Waals surface area (Å²) in [4.78, 5) is 8.82. The number of fused-ring (bicyclic) bond motifs is 1. The molecule has 4 rings (SSSR count). The Morgan fingerprint density at radius 2 is 1.57 bits per heavy atom. The Kier molecular flexibility index (Phi) is 6.08. The molecular formula is C22H25F3N4O. The highest BCUT2D eigenvalue weighted by Crippen LogP contribution is 2.29. The van der Waals surface area contributed by atoms with Crippen LogP contribution in [0.5, 0.6) is 0 Å². The van der Waals surface area contributed by atoms with E-state index in [1.165, 1.54) is 0 Å². The van der Waals surface area contributed by atoms with Crippen molar-refractivity contribution >= 4 is 11.0 Å². The maximum atomic E-state index is 12.7. The van der Waals surface area contributed by atoms with E-state index in [-0.39, 0.29) is 0 Å². The summed E-state index contributed by atoms with van der Waals surface area (Å²) in [5.41, 5.74) is 2.19. The fourth-order valence-corrected chi connectivity index (χ4v) is 3.93. The quantitative estimate of drug-likeness (QED) is 0.668. The molecule has 1 aromatic heterocycles. The lowest BCUT2D eigenvalue weighted by Gasteiger charge is -2.35. The molecule has 30 heavy (non-hydrogen) atoms. The van der Waals surface area contributed by atoms with E-state index in [4.69, 9.17) is 0 Å². The zero-order valence-electron chi connectivity index (χ0n) is 16.6. The second-order valence-electron chi connectivity index (χ2n) is 7.81. The van der Waals surface area contributed by atoms with Crippen LogP contribution < -0.4 is 0 Å². The largest absolute Gasteiger partial charge is 0.416 e. The molecule has 1 unspecified atom stereocenters. The van der Waals surface area contributed by atoms with E-state index in [0.29, 0.717) is 19.6 Å². The summed E-state index contributed by atoms with van der Waals surface area (Å²) in [6.45, 7) is 5.00. The van der Waals surface area contributed by atoms with Crippen LogP contribution in [-0.4, -0.2) is 63.3 Å². The van der Waals surface area contributed by atoms with Crippen LogP contribution in [0, 0.1) is 0 Å². The summed E-state index contributed by atoms with van der Waals surface area (Å²) < 4.78 is 40.0. The monoisotopic (exact) mass is 418 g/mol. The van der Waals surface area contributed by atoms with Gasteiger partial charge in [0.2, 0.25) is 0 Å². The van der Waals surface area contributed by atoms with Crippen LogP contribution in [-0.2, 0) is 19.3 Å². The van der Waals surface area contributed by atoms with Gasteiger partial charge >= 0.3 is 6.18 Å². The van der Waals surface area contributed by atoms with E-state index >= 15 is 0 Å². The molecule has 160 valence electrons. The first-order chi connectivity index (χ1) is 14.4. The lowest BCUT2D eigenvalue weighted by molar-refractivity contribution is -0.137. The number of hydrogen-bond donors (Lipinski definition) is 1. The third-order valence-corrected chi connectivity index (χ3v) is 5.56. The van der Waals surface area contributed by atoms with E-state index in [9.17, 15) is 18.3 Å². The number of rotatable bonds is 6. The second-order valence-corrected chi connectivity index (χ2v) is 7.81. The molecule has 1 aliphatic heterocycles. The smallest absolute Gasteiger partial charge is 0.390 e. The maximum Gasteiger partial charge on any atom is 0.416 e. The van der Waals surface area contributed by atoms with Gasteiger partial charge in [0.15, 0.2) is 0 Å². The van der Waals surface area contributed by atoms with Crippen molar-refractivity contribution in [3.8, 4) is 0 Å². The molecule has 1 saturated heterocycles. The number of halogens is 3. The first kappa shape index (κ1) is 20.8. The number of imidazole rings is 1. The lowest BCUT2D eigenvalue weighted by atomic mass is 10.1. The van der Waals surface area contributed by atoms with Crippen molar-refractivity contribution in [1.82, 2.24) is 19.4 Å². The van der Waals surface area contributed by atoms with E-state index in [2.05, 4.69) is 14.8 Å². The standard InChI is InChI=1S/C22H25F3N4O/c23-22(24,25)18-7-5-17(6-8-18)13-27-9-11-28(12-10-27)14-19(30)15-29-16-26-20-3-1-2-4-21(20)29/h1-8,16,19,30H,9-15H2. The third kappa shape index (κ3) is 5.00. The number of piperazine rings is 1. The van der Waals surface area contributed by atoms with Crippen molar-refractivity contribution in [1.29, 1.82) is 0 Å². The number of benzene rings is 2. The predicted octanol–water partition coefficient (Wildman–Crippen LogP) is 3.23. The normalized spacial score (nSPS) is 17.5. The van der Waals surface area contributed by atoms with Crippen molar-refractivity contribution < 1.29 is 18.3 Å². The van der Waals surface area contributed by atoms with Crippen LogP contribution in [0.1, 0.15) is 11.1 Å². The van der Waals surface area contributed by atoms with Crippen LogP contribution in [0.15, 0.2) is 54.9 Å². The van der Waals surface area contributed by atoms with Crippen molar-refractivity contribution in [2.45, 2.75) is 25.4 Å². The minimum absolute atomic E-state index is 0.492. The van der Waals surface area contributed by atoms with Crippen molar-refractivity contribution in [2.24, 2.45) is 0 Å². The average molecular weight is 418 g/mol. The predicted molar refractivity (Wildman–Crippen MR) is 109 cm³/mol. The van der Waals surface area contributed by atoms with E-state index < -0.39 is 17.8 Å². The van der Waals surface area contributed by atoms with E-state index in [0.717, 1.165) is 54.9 Å².